The molecule has 138 valence electrons. The molecule has 0 aromatic heterocycles. The van der Waals surface area contributed by atoms with E-state index in [1.807, 2.05) is 54.6 Å². The highest BCUT2D eigenvalue weighted by atomic mass is 16.1. The van der Waals surface area contributed by atoms with Crippen LogP contribution < -0.4 is 10.9 Å². The summed E-state index contributed by atoms with van der Waals surface area (Å²) in [5.74, 6) is 0. The van der Waals surface area contributed by atoms with Crippen LogP contribution >= 0.6 is 0 Å². The van der Waals surface area contributed by atoms with E-state index in [2.05, 4.69) is 30.3 Å². The normalized spacial score (nSPS) is 12.3. The molecule has 0 heterocycles. The van der Waals surface area contributed by atoms with Crippen LogP contribution in [0, 0.1) is 0 Å². The zero-order valence-electron chi connectivity index (χ0n) is 15.9. The van der Waals surface area contributed by atoms with Crippen LogP contribution in [0.5, 0.6) is 0 Å². The minimum atomic E-state index is 0.0367. The summed E-state index contributed by atoms with van der Waals surface area (Å²) in [4.78, 5) is 26.3. The van der Waals surface area contributed by atoms with E-state index in [0.717, 1.165) is 43.1 Å². The molecule has 0 fully saturated rings. The van der Waals surface area contributed by atoms with Gasteiger partial charge in [-0.2, -0.15) is 0 Å². The molecular weight excluding hydrogens is 368 g/mol. The van der Waals surface area contributed by atoms with Gasteiger partial charge in [-0.3, -0.25) is 9.59 Å². The van der Waals surface area contributed by atoms with Gasteiger partial charge in [0.25, 0.3) is 0 Å². The van der Waals surface area contributed by atoms with Crippen LogP contribution in [0.4, 0.5) is 0 Å². The molecule has 7 rings (SSSR count). The molecule has 0 atom stereocenters. The topological polar surface area (TPSA) is 34.1 Å². The fraction of sp³-hybridized carbons (Fsp3) is 0. The van der Waals surface area contributed by atoms with Crippen molar-refractivity contribution in [1.29, 1.82) is 0 Å². The first-order valence-corrected chi connectivity index (χ1v) is 10.0. The Bertz CT molecular complexity index is 1930. The highest BCUT2D eigenvalue weighted by Crippen LogP contribution is 2.34. The van der Waals surface area contributed by atoms with Gasteiger partial charge in [-0.05, 0) is 79.5 Å². The monoisotopic (exact) mass is 382 g/mol. The maximum Gasteiger partial charge on any atom is 0.194 e. The third kappa shape index (κ3) is 1.88. The summed E-state index contributed by atoms with van der Waals surface area (Å²) in [6.45, 7) is 0. The first-order valence-electron chi connectivity index (χ1n) is 10.0. The first-order chi connectivity index (χ1) is 14.7. The lowest BCUT2D eigenvalue weighted by atomic mass is 10.0. The van der Waals surface area contributed by atoms with Gasteiger partial charge >= 0.3 is 0 Å². The van der Waals surface area contributed by atoms with Gasteiger partial charge in [-0.25, -0.2) is 0 Å². The zero-order valence-corrected chi connectivity index (χ0v) is 15.9. The lowest BCUT2D eigenvalue weighted by Crippen LogP contribution is -1.95. The molecule has 7 aromatic carbocycles. The van der Waals surface area contributed by atoms with Crippen LogP contribution in [0.25, 0.3) is 64.6 Å². The van der Waals surface area contributed by atoms with Gasteiger partial charge in [0.1, 0.15) is 0 Å². The van der Waals surface area contributed by atoms with E-state index in [1.54, 1.807) is 0 Å². The van der Waals surface area contributed by atoms with E-state index in [1.165, 1.54) is 5.39 Å². The van der Waals surface area contributed by atoms with Crippen LogP contribution in [-0.4, -0.2) is 0 Å². The Morgan fingerprint density at radius 1 is 0.333 bits per heavy atom. The van der Waals surface area contributed by atoms with Crippen molar-refractivity contribution in [2.45, 2.75) is 0 Å². The van der Waals surface area contributed by atoms with E-state index in [4.69, 9.17) is 0 Å². The summed E-state index contributed by atoms with van der Waals surface area (Å²) in [5.41, 5.74) is 0.0748. The summed E-state index contributed by atoms with van der Waals surface area (Å²) in [7, 11) is 0. The quantitative estimate of drug-likeness (QED) is 0.293. The molecule has 0 saturated carbocycles. The third-order valence-corrected chi connectivity index (χ3v) is 6.48. The third-order valence-electron chi connectivity index (χ3n) is 6.48. The summed E-state index contributed by atoms with van der Waals surface area (Å²) in [6.07, 6.45) is 0. The summed E-state index contributed by atoms with van der Waals surface area (Å²) in [5, 5.41) is 10.9. The van der Waals surface area contributed by atoms with E-state index >= 15 is 0 Å². The summed E-state index contributed by atoms with van der Waals surface area (Å²) >= 11 is 0. The fourth-order valence-corrected chi connectivity index (χ4v) is 5.03. The Morgan fingerprint density at radius 3 is 1.43 bits per heavy atom. The Kier molecular flexibility index (Phi) is 2.80. The Hall–Kier alpha value is -4.04. The molecule has 0 unspecified atom stereocenters. The second kappa shape index (κ2) is 5.31. The van der Waals surface area contributed by atoms with Crippen LogP contribution in [0.3, 0.4) is 0 Å². The molecule has 2 heteroatoms. The summed E-state index contributed by atoms with van der Waals surface area (Å²) in [6, 6.07) is 28.1. The highest BCUT2D eigenvalue weighted by molar-refractivity contribution is 6.23. The number of hydrogen-bond donors (Lipinski definition) is 0. The zero-order chi connectivity index (χ0) is 20.0. The molecule has 30 heavy (non-hydrogen) atoms. The lowest BCUT2D eigenvalue weighted by Gasteiger charge is -2.03. The Labute approximate surface area is 170 Å². The van der Waals surface area contributed by atoms with E-state index in [0.29, 0.717) is 16.2 Å². The Balaban J connectivity index is 1.69. The van der Waals surface area contributed by atoms with Gasteiger partial charge in [0.05, 0.1) is 0 Å². The van der Waals surface area contributed by atoms with Gasteiger partial charge in [-0.15, -0.1) is 0 Å². The van der Waals surface area contributed by atoms with Crippen molar-refractivity contribution in [1.82, 2.24) is 0 Å². The molecular formula is C28H14O2. The smallest absolute Gasteiger partial charge is 0.194 e. The fourth-order valence-electron chi connectivity index (χ4n) is 5.03. The molecule has 0 bridgehead atoms. The molecule has 0 spiro atoms. The van der Waals surface area contributed by atoms with Gasteiger partial charge in [0, 0.05) is 21.5 Å². The van der Waals surface area contributed by atoms with E-state index in [9.17, 15) is 9.59 Å². The molecule has 0 amide bonds. The van der Waals surface area contributed by atoms with Gasteiger partial charge in [0.2, 0.25) is 0 Å². The minimum Gasteiger partial charge on any atom is -0.289 e. The lowest BCUT2D eigenvalue weighted by molar-refractivity contribution is 1.79. The highest BCUT2D eigenvalue weighted by Gasteiger charge is 2.16. The SMILES string of the molecule is O=c1c2ccccc2c2cc3c(=O)c4cc5cc6ccccc6cc5cc4c3cc12. The average Bonchev–Trinajstić information content (AvgIpc) is 3.21. The average molecular weight is 382 g/mol. The largest absolute Gasteiger partial charge is 0.289 e. The number of benzene rings is 5. The molecule has 2 nitrogen and oxygen atoms in total. The number of hydrogen-bond acceptors (Lipinski definition) is 2. The van der Waals surface area contributed by atoms with Gasteiger partial charge in [0.15, 0.2) is 10.9 Å². The van der Waals surface area contributed by atoms with E-state index in [-0.39, 0.29) is 10.9 Å². The maximum atomic E-state index is 13.3. The number of fused-ring (bicyclic) bond motifs is 8. The van der Waals surface area contributed by atoms with Crippen molar-refractivity contribution in [2.24, 2.45) is 0 Å². The molecule has 0 aliphatic heterocycles. The second-order valence-electron chi connectivity index (χ2n) is 8.09. The maximum absolute atomic E-state index is 13.3. The van der Waals surface area contributed by atoms with Crippen molar-refractivity contribution in [3.8, 4) is 0 Å². The minimum absolute atomic E-state index is 0.0367. The van der Waals surface area contributed by atoms with Crippen LogP contribution in [0.1, 0.15) is 0 Å². The van der Waals surface area contributed by atoms with Crippen molar-refractivity contribution in [2.75, 3.05) is 0 Å². The Morgan fingerprint density at radius 2 is 0.767 bits per heavy atom. The molecule has 7 aromatic rings. The molecule has 0 saturated heterocycles. The van der Waals surface area contributed by atoms with Crippen molar-refractivity contribution >= 4 is 64.6 Å². The molecule has 0 N–H and O–H groups in total. The predicted octanol–water partition coefficient (Wildman–Crippen LogP) is 6.20. The molecule has 0 aliphatic rings. The van der Waals surface area contributed by atoms with Crippen LogP contribution in [0.15, 0.2) is 94.5 Å². The first kappa shape index (κ1) is 15.8. The van der Waals surface area contributed by atoms with Crippen molar-refractivity contribution in [3.05, 3.63) is 105 Å². The van der Waals surface area contributed by atoms with Crippen molar-refractivity contribution < 1.29 is 0 Å². The molecule has 0 radical (unpaired) electrons. The predicted molar refractivity (Wildman–Crippen MR) is 126 cm³/mol. The van der Waals surface area contributed by atoms with Crippen LogP contribution in [-0.2, 0) is 0 Å². The van der Waals surface area contributed by atoms with Gasteiger partial charge in [-0.1, -0.05) is 48.5 Å². The number of rotatable bonds is 0. The van der Waals surface area contributed by atoms with Crippen molar-refractivity contribution in [3.63, 3.8) is 0 Å². The standard InChI is InChI=1S/C28H14O2/c29-27-20-8-4-3-7-19(20)22-13-26-23(14-25(22)27)21-11-17-9-15-5-1-2-6-16(15)10-18(17)12-24(21)28(26)30/h1-14H. The second-order valence-corrected chi connectivity index (χ2v) is 8.09. The van der Waals surface area contributed by atoms with Crippen LogP contribution in [0.2, 0.25) is 0 Å². The molecule has 0 aliphatic carbocycles. The van der Waals surface area contributed by atoms with Gasteiger partial charge < -0.3 is 0 Å². The van der Waals surface area contributed by atoms with E-state index < -0.39 is 0 Å². The summed E-state index contributed by atoms with van der Waals surface area (Å²) < 4.78 is 0.